The van der Waals surface area contributed by atoms with Crippen LogP contribution in [0.4, 0.5) is 0 Å². The van der Waals surface area contributed by atoms with E-state index in [1.165, 1.54) is 31.3 Å². The summed E-state index contributed by atoms with van der Waals surface area (Å²) in [6.45, 7) is 5.69. The maximum atomic E-state index is 13.4. The first-order chi connectivity index (χ1) is 17.6. The highest BCUT2D eigenvalue weighted by atomic mass is 35.5. The number of carbonyl (C=O) groups is 2. The number of hydrogen-bond acceptors (Lipinski definition) is 7. The second-order valence-corrected chi connectivity index (χ2v) is 10.0. The number of methoxy groups -OCH3 is 2. The molecule has 1 fully saturated rings. The van der Waals surface area contributed by atoms with Crippen molar-refractivity contribution in [3.05, 3.63) is 58.1 Å². The number of amides is 1. The monoisotopic (exact) mass is 530 g/mol. The van der Waals surface area contributed by atoms with Gasteiger partial charge in [0.05, 0.1) is 43.0 Å². The molecule has 0 radical (unpaired) electrons. The van der Waals surface area contributed by atoms with Crippen molar-refractivity contribution in [2.75, 3.05) is 48.0 Å². The predicted octanol–water partition coefficient (Wildman–Crippen LogP) is 4.77. The maximum Gasteiger partial charge on any atom is 0.295 e. The van der Waals surface area contributed by atoms with E-state index in [2.05, 4.69) is 13.8 Å². The summed E-state index contributed by atoms with van der Waals surface area (Å²) in [5, 5.41) is 11.7. The second-order valence-electron chi connectivity index (χ2n) is 9.61. The van der Waals surface area contributed by atoms with Gasteiger partial charge in [0.25, 0.3) is 11.7 Å². The zero-order valence-electron chi connectivity index (χ0n) is 22.2. The molecule has 1 aliphatic rings. The lowest BCUT2D eigenvalue weighted by Crippen LogP contribution is -2.32. The molecule has 1 atom stereocenters. The number of ether oxygens (including phenoxy) is 3. The zero-order valence-corrected chi connectivity index (χ0v) is 23.0. The third-order valence-electron chi connectivity index (χ3n) is 6.03. The minimum absolute atomic E-state index is 0.0320. The number of rotatable bonds is 11. The summed E-state index contributed by atoms with van der Waals surface area (Å²) >= 11 is 6.34. The fraction of sp³-hybridized carbons (Fsp3) is 0.429. The molecule has 1 amide bonds. The van der Waals surface area contributed by atoms with E-state index >= 15 is 0 Å². The number of carbonyl (C=O) groups excluding carboxylic acids is 2. The molecule has 1 N–H and O–H groups in total. The molecule has 0 bridgehead atoms. The summed E-state index contributed by atoms with van der Waals surface area (Å²) in [6, 6.07) is 9.46. The first-order valence-electron chi connectivity index (χ1n) is 12.2. The predicted molar refractivity (Wildman–Crippen MR) is 144 cm³/mol. The SMILES string of the molecule is COc1cc(OC)c(/C(O)=C2\C(=O)C(=O)N(CCCN(C)C)C2c2cccc(OCC(C)C)c2)cc1Cl. The summed E-state index contributed by atoms with van der Waals surface area (Å²) < 4.78 is 16.6. The number of aliphatic hydroxyl groups is 1. The molecule has 9 heteroatoms. The number of nitrogens with zero attached hydrogens (tertiary/aromatic N) is 2. The average Bonchev–Trinajstić information content (AvgIpc) is 3.12. The maximum absolute atomic E-state index is 13.4. The fourth-order valence-corrected chi connectivity index (χ4v) is 4.48. The Kier molecular flexibility index (Phi) is 9.45. The normalized spacial score (nSPS) is 17.1. The van der Waals surface area contributed by atoms with Crippen molar-refractivity contribution < 1.29 is 28.9 Å². The van der Waals surface area contributed by atoms with Gasteiger partial charge in [0.15, 0.2) is 0 Å². The summed E-state index contributed by atoms with van der Waals surface area (Å²) in [6.07, 6.45) is 0.651. The Morgan fingerprint density at radius 2 is 1.81 bits per heavy atom. The highest BCUT2D eigenvalue weighted by molar-refractivity contribution is 6.46. The molecule has 1 heterocycles. The summed E-state index contributed by atoms with van der Waals surface area (Å²) in [5.41, 5.74) is 0.817. The van der Waals surface area contributed by atoms with Gasteiger partial charge in [-0.25, -0.2) is 0 Å². The molecule has 200 valence electrons. The number of halogens is 1. The van der Waals surface area contributed by atoms with E-state index in [0.29, 0.717) is 42.6 Å². The molecule has 8 nitrogen and oxygen atoms in total. The molecule has 1 unspecified atom stereocenters. The van der Waals surface area contributed by atoms with Crippen molar-refractivity contribution >= 4 is 29.1 Å². The molecule has 0 saturated carbocycles. The topological polar surface area (TPSA) is 88.5 Å². The lowest BCUT2D eigenvalue weighted by Gasteiger charge is -2.26. The standard InChI is InChI=1S/C28H35ClN2O6/c1-17(2)16-37-19-10-7-9-18(13-19)25-24(27(33)28(34)31(25)12-8-11-30(3)4)26(32)20-14-21(29)23(36-6)15-22(20)35-5/h7,9-10,13-15,17,25,32H,8,11-12,16H2,1-6H3/b26-24+. The van der Waals surface area contributed by atoms with Gasteiger partial charge in [0.2, 0.25) is 0 Å². The van der Waals surface area contributed by atoms with Gasteiger partial charge in [-0.15, -0.1) is 0 Å². The molecule has 2 aromatic rings. The summed E-state index contributed by atoms with van der Waals surface area (Å²) in [5.74, 6) is -0.251. The highest BCUT2D eigenvalue weighted by Gasteiger charge is 2.46. The van der Waals surface area contributed by atoms with Gasteiger partial charge < -0.3 is 29.1 Å². The van der Waals surface area contributed by atoms with Crippen molar-refractivity contribution in [3.63, 3.8) is 0 Å². The third kappa shape index (κ3) is 6.37. The number of ketones is 1. The quantitative estimate of drug-likeness (QED) is 0.254. The van der Waals surface area contributed by atoms with Crippen molar-refractivity contribution in [3.8, 4) is 17.2 Å². The van der Waals surface area contributed by atoms with Gasteiger partial charge in [-0.05, 0) is 56.7 Å². The third-order valence-corrected chi connectivity index (χ3v) is 6.33. The van der Waals surface area contributed by atoms with Crippen LogP contribution in [0, 0.1) is 5.92 Å². The van der Waals surface area contributed by atoms with Crippen LogP contribution in [0.5, 0.6) is 17.2 Å². The minimum Gasteiger partial charge on any atom is -0.507 e. The van der Waals surface area contributed by atoms with Crippen LogP contribution < -0.4 is 14.2 Å². The smallest absolute Gasteiger partial charge is 0.295 e. The van der Waals surface area contributed by atoms with Crippen LogP contribution in [-0.2, 0) is 9.59 Å². The first-order valence-corrected chi connectivity index (χ1v) is 12.5. The summed E-state index contributed by atoms with van der Waals surface area (Å²) in [4.78, 5) is 30.1. The van der Waals surface area contributed by atoms with Crippen LogP contribution in [0.2, 0.25) is 5.02 Å². The second kappa shape index (κ2) is 12.3. The Bertz CT molecular complexity index is 1180. The fourth-order valence-electron chi connectivity index (χ4n) is 4.24. The molecular formula is C28H35ClN2O6. The van der Waals surface area contributed by atoms with Crippen LogP contribution in [-0.4, -0.2) is 74.6 Å². The lowest BCUT2D eigenvalue weighted by molar-refractivity contribution is -0.139. The average molecular weight is 531 g/mol. The van der Waals surface area contributed by atoms with Crippen LogP contribution in [0.15, 0.2) is 42.0 Å². The van der Waals surface area contributed by atoms with Crippen molar-refractivity contribution in [1.29, 1.82) is 0 Å². The molecule has 1 aliphatic heterocycles. The van der Waals surface area contributed by atoms with Gasteiger partial charge >= 0.3 is 0 Å². The van der Waals surface area contributed by atoms with E-state index in [1.807, 2.05) is 43.3 Å². The number of Topliss-reactive ketones (excluding diaryl/α,β-unsaturated/α-hetero) is 1. The molecule has 37 heavy (non-hydrogen) atoms. The zero-order chi connectivity index (χ0) is 27.3. The number of aliphatic hydroxyl groups excluding tert-OH is 1. The largest absolute Gasteiger partial charge is 0.507 e. The molecule has 0 aromatic heterocycles. The van der Waals surface area contributed by atoms with E-state index in [0.717, 1.165) is 6.54 Å². The van der Waals surface area contributed by atoms with Gasteiger partial charge in [0.1, 0.15) is 23.0 Å². The Balaban J connectivity index is 2.17. The Morgan fingerprint density at radius 3 is 2.43 bits per heavy atom. The Labute approximate surface area is 223 Å². The number of likely N-dealkylation sites (tertiary alicyclic amines) is 1. The van der Waals surface area contributed by atoms with E-state index in [9.17, 15) is 14.7 Å². The van der Waals surface area contributed by atoms with E-state index in [-0.39, 0.29) is 27.7 Å². The van der Waals surface area contributed by atoms with Crippen LogP contribution in [0.1, 0.15) is 37.4 Å². The Hall–Kier alpha value is -3.23. The van der Waals surface area contributed by atoms with E-state index in [4.69, 9.17) is 25.8 Å². The van der Waals surface area contributed by atoms with Crippen LogP contribution >= 0.6 is 11.6 Å². The van der Waals surface area contributed by atoms with E-state index < -0.39 is 17.7 Å². The molecule has 0 spiro atoms. The van der Waals surface area contributed by atoms with Gasteiger partial charge in [-0.1, -0.05) is 37.6 Å². The molecule has 0 aliphatic carbocycles. The van der Waals surface area contributed by atoms with Crippen molar-refractivity contribution in [2.24, 2.45) is 5.92 Å². The van der Waals surface area contributed by atoms with Crippen LogP contribution in [0.3, 0.4) is 0 Å². The number of benzene rings is 2. The number of hydrogen-bond donors (Lipinski definition) is 1. The van der Waals surface area contributed by atoms with Crippen LogP contribution in [0.25, 0.3) is 5.76 Å². The minimum atomic E-state index is -0.810. The van der Waals surface area contributed by atoms with Crippen molar-refractivity contribution in [1.82, 2.24) is 9.80 Å². The molecule has 2 aromatic carbocycles. The molecule has 1 saturated heterocycles. The molecule has 3 rings (SSSR count). The first kappa shape index (κ1) is 28.3. The Morgan fingerprint density at radius 1 is 1.11 bits per heavy atom. The highest BCUT2D eigenvalue weighted by Crippen LogP contribution is 2.43. The van der Waals surface area contributed by atoms with Crippen molar-refractivity contribution in [2.45, 2.75) is 26.3 Å². The van der Waals surface area contributed by atoms with E-state index in [1.54, 1.807) is 0 Å². The van der Waals surface area contributed by atoms with Gasteiger partial charge in [0, 0.05) is 12.6 Å². The molecular weight excluding hydrogens is 496 g/mol. The summed E-state index contributed by atoms with van der Waals surface area (Å²) in [7, 11) is 6.79. The lowest BCUT2D eigenvalue weighted by atomic mass is 9.94. The van der Waals surface area contributed by atoms with Gasteiger partial charge in [-0.2, -0.15) is 0 Å². The van der Waals surface area contributed by atoms with Gasteiger partial charge in [-0.3, -0.25) is 9.59 Å².